The number of amides is 2. The largest absolute Gasteiger partial charge is 0.497 e. The molecule has 2 amide bonds. The van der Waals surface area contributed by atoms with Gasteiger partial charge in [-0.15, -0.1) is 11.8 Å². The van der Waals surface area contributed by atoms with Gasteiger partial charge in [-0.2, -0.15) is 0 Å². The lowest BCUT2D eigenvalue weighted by Crippen LogP contribution is -2.18. The average Bonchev–Trinajstić information content (AvgIpc) is 2.62. The summed E-state index contributed by atoms with van der Waals surface area (Å²) in [7, 11) is 3.13. The van der Waals surface area contributed by atoms with Crippen molar-refractivity contribution in [3.05, 3.63) is 48.5 Å². The second-order valence-electron chi connectivity index (χ2n) is 5.05. The molecule has 0 unspecified atom stereocenters. The second kappa shape index (κ2) is 9.58. The lowest BCUT2D eigenvalue weighted by atomic mass is 10.3. The van der Waals surface area contributed by atoms with Crippen molar-refractivity contribution in [2.24, 2.45) is 0 Å². The Hall–Kier alpha value is -2.67. The van der Waals surface area contributed by atoms with E-state index in [1.54, 1.807) is 62.8 Å². The SMILES string of the molecule is COc1cccc(NC(=O)CSCC(=O)Nc2cccc(OC)c2)c1. The van der Waals surface area contributed by atoms with Crippen molar-refractivity contribution < 1.29 is 19.1 Å². The maximum Gasteiger partial charge on any atom is 0.234 e. The van der Waals surface area contributed by atoms with Gasteiger partial charge in [0.15, 0.2) is 0 Å². The summed E-state index contributed by atoms with van der Waals surface area (Å²) in [6.07, 6.45) is 0. The van der Waals surface area contributed by atoms with E-state index in [0.29, 0.717) is 22.9 Å². The van der Waals surface area contributed by atoms with Crippen LogP contribution in [0.3, 0.4) is 0 Å². The minimum Gasteiger partial charge on any atom is -0.497 e. The Labute approximate surface area is 150 Å². The maximum atomic E-state index is 11.9. The number of hydrogen-bond acceptors (Lipinski definition) is 5. The Balaban J connectivity index is 1.73. The van der Waals surface area contributed by atoms with Crippen LogP contribution in [0.2, 0.25) is 0 Å². The van der Waals surface area contributed by atoms with Crippen LogP contribution in [0.4, 0.5) is 11.4 Å². The molecule has 0 fully saturated rings. The highest BCUT2D eigenvalue weighted by molar-refractivity contribution is 8.00. The molecular formula is C18H20N2O4S. The third-order valence-electron chi connectivity index (χ3n) is 3.17. The van der Waals surface area contributed by atoms with Crippen molar-refractivity contribution in [2.45, 2.75) is 0 Å². The number of ether oxygens (including phenoxy) is 2. The van der Waals surface area contributed by atoms with Crippen LogP contribution in [0.5, 0.6) is 11.5 Å². The monoisotopic (exact) mass is 360 g/mol. The Morgan fingerprint density at radius 1 is 0.840 bits per heavy atom. The van der Waals surface area contributed by atoms with E-state index in [9.17, 15) is 9.59 Å². The van der Waals surface area contributed by atoms with Crippen LogP contribution in [0.1, 0.15) is 0 Å². The molecule has 0 aliphatic carbocycles. The van der Waals surface area contributed by atoms with E-state index in [1.165, 1.54) is 11.8 Å². The van der Waals surface area contributed by atoms with Gasteiger partial charge < -0.3 is 20.1 Å². The number of rotatable bonds is 8. The van der Waals surface area contributed by atoms with Gasteiger partial charge in [-0.25, -0.2) is 0 Å². The number of carbonyl (C=O) groups excluding carboxylic acids is 2. The Bertz CT molecular complexity index is 675. The van der Waals surface area contributed by atoms with E-state index < -0.39 is 0 Å². The van der Waals surface area contributed by atoms with Crippen LogP contribution in [-0.4, -0.2) is 37.5 Å². The molecule has 2 aromatic rings. The number of thioether (sulfide) groups is 1. The summed E-state index contributed by atoms with van der Waals surface area (Å²) < 4.78 is 10.2. The van der Waals surface area contributed by atoms with Gasteiger partial charge in [-0.3, -0.25) is 9.59 Å². The summed E-state index contributed by atoms with van der Waals surface area (Å²) in [6, 6.07) is 14.2. The first-order valence-electron chi connectivity index (χ1n) is 7.56. The summed E-state index contributed by atoms with van der Waals surface area (Å²) in [6.45, 7) is 0. The molecule has 132 valence electrons. The van der Waals surface area contributed by atoms with E-state index in [0.717, 1.165) is 0 Å². The molecule has 0 saturated heterocycles. The smallest absolute Gasteiger partial charge is 0.234 e. The van der Waals surface area contributed by atoms with Gasteiger partial charge in [0.05, 0.1) is 25.7 Å². The van der Waals surface area contributed by atoms with E-state index in [2.05, 4.69) is 10.6 Å². The van der Waals surface area contributed by atoms with Gasteiger partial charge in [-0.1, -0.05) is 12.1 Å². The number of nitrogens with one attached hydrogen (secondary N) is 2. The summed E-state index contributed by atoms with van der Waals surface area (Å²) in [5.74, 6) is 1.36. The zero-order chi connectivity index (χ0) is 18.1. The van der Waals surface area contributed by atoms with Gasteiger partial charge in [0.2, 0.25) is 11.8 Å². The van der Waals surface area contributed by atoms with Crippen molar-refractivity contribution in [3.63, 3.8) is 0 Å². The number of benzene rings is 2. The Morgan fingerprint density at radius 3 is 1.68 bits per heavy atom. The van der Waals surface area contributed by atoms with Gasteiger partial charge in [0, 0.05) is 23.5 Å². The zero-order valence-corrected chi connectivity index (χ0v) is 14.9. The van der Waals surface area contributed by atoms with Crippen molar-refractivity contribution in [1.29, 1.82) is 0 Å². The van der Waals surface area contributed by atoms with Crippen LogP contribution in [0.25, 0.3) is 0 Å². The van der Waals surface area contributed by atoms with Crippen molar-refractivity contribution >= 4 is 35.0 Å². The van der Waals surface area contributed by atoms with E-state index in [1.807, 2.05) is 0 Å². The molecule has 0 radical (unpaired) electrons. The molecule has 2 aromatic carbocycles. The fourth-order valence-corrected chi connectivity index (χ4v) is 2.65. The lowest BCUT2D eigenvalue weighted by molar-refractivity contribution is -0.114. The normalized spacial score (nSPS) is 10.0. The molecule has 2 rings (SSSR count). The first kappa shape index (κ1) is 18.7. The third kappa shape index (κ3) is 6.39. The number of hydrogen-bond donors (Lipinski definition) is 2. The first-order valence-corrected chi connectivity index (χ1v) is 8.71. The van der Waals surface area contributed by atoms with Gasteiger partial charge >= 0.3 is 0 Å². The second-order valence-corrected chi connectivity index (χ2v) is 6.04. The molecule has 0 spiro atoms. The molecule has 0 aliphatic heterocycles. The molecule has 7 heteroatoms. The van der Waals surface area contributed by atoms with Crippen LogP contribution in [0.15, 0.2) is 48.5 Å². The molecule has 6 nitrogen and oxygen atoms in total. The third-order valence-corrected chi connectivity index (χ3v) is 4.11. The molecule has 0 heterocycles. The molecule has 0 aromatic heterocycles. The molecule has 0 bridgehead atoms. The summed E-state index contributed by atoms with van der Waals surface area (Å²) >= 11 is 1.24. The molecule has 25 heavy (non-hydrogen) atoms. The summed E-state index contributed by atoms with van der Waals surface area (Å²) in [4.78, 5) is 23.8. The minimum absolute atomic E-state index is 0.174. The zero-order valence-electron chi connectivity index (χ0n) is 14.1. The Morgan fingerprint density at radius 2 is 1.28 bits per heavy atom. The van der Waals surface area contributed by atoms with Gasteiger partial charge in [0.25, 0.3) is 0 Å². The predicted molar refractivity (Wildman–Crippen MR) is 101 cm³/mol. The molecule has 0 saturated carbocycles. The minimum atomic E-state index is -0.174. The van der Waals surface area contributed by atoms with E-state index in [-0.39, 0.29) is 23.3 Å². The fraction of sp³-hybridized carbons (Fsp3) is 0.222. The fourth-order valence-electron chi connectivity index (χ4n) is 2.03. The van der Waals surface area contributed by atoms with E-state index >= 15 is 0 Å². The van der Waals surface area contributed by atoms with Crippen molar-refractivity contribution in [3.8, 4) is 11.5 Å². The van der Waals surface area contributed by atoms with Crippen LogP contribution in [0, 0.1) is 0 Å². The molecule has 0 aliphatic rings. The number of anilines is 2. The number of carbonyl (C=O) groups is 2. The van der Waals surface area contributed by atoms with Gasteiger partial charge in [0.1, 0.15) is 11.5 Å². The first-order chi connectivity index (χ1) is 12.1. The maximum absolute atomic E-state index is 11.9. The molecule has 0 atom stereocenters. The van der Waals surface area contributed by atoms with Crippen LogP contribution >= 0.6 is 11.8 Å². The summed E-state index contributed by atoms with van der Waals surface area (Å²) in [5, 5.41) is 5.53. The van der Waals surface area contributed by atoms with Gasteiger partial charge in [-0.05, 0) is 24.3 Å². The predicted octanol–water partition coefficient (Wildman–Crippen LogP) is 3.01. The highest BCUT2D eigenvalue weighted by Crippen LogP contribution is 2.18. The molecule has 2 N–H and O–H groups in total. The molecular weight excluding hydrogens is 340 g/mol. The average molecular weight is 360 g/mol. The quantitative estimate of drug-likeness (QED) is 0.757. The van der Waals surface area contributed by atoms with Crippen LogP contribution < -0.4 is 20.1 Å². The van der Waals surface area contributed by atoms with Crippen molar-refractivity contribution in [1.82, 2.24) is 0 Å². The van der Waals surface area contributed by atoms with Crippen molar-refractivity contribution in [2.75, 3.05) is 36.4 Å². The Kier molecular flexibility index (Phi) is 7.16. The lowest BCUT2D eigenvalue weighted by Gasteiger charge is -2.08. The topological polar surface area (TPSA) is 76.7 Å². The highest BCUT2D eigenvalue weighted by atomic mass is 32.2. The standard InChI is InChI=1S/C18H20N2O4S/c1-23-15-7-3-5-13(9-15)19-17(21)11-25-12-18(22)20-14-6-4-8-16(10-14)24-2/h3-10H,11-12H2,1-2H3,(H,19,21)(H,20,22). The van der Waals surface area contributed by atoms with E-state index in [4.69, 9.17) is 9.47 Å². The summed E-state index contributed by atoms with van der Waals surface area (Å²) in [5.41, 5.74) is 1.32. The van der Waals surface area contributed by atoms with Crippen LogP contribution in [-0.2, 0) is 9.59 Å². The number of methoxy groups -OCH3 is 2. The highest BCUT2D eigenvalue weighted by Gasteiger charge is 2.07.